The molecule has 0 radical (unpaired) electrons. The van der Waals surface area contributed by atoms with Crippen molar-refractivity contribution < 1.29 is 0 Å². The molecule has 0 amide bonds. The van der Waals surface area contributed by atoms with Crippen LogP contribution in [0, 0.1) is 18.3 Å². The van der Waals surface area contributed by atoms with Gasteiger partial charge in [0.1, 0.15) is 0 Å². The number of nitriles is 1. The molecule has 0 N–H and O–H groups in total. The van der Waals surface area contributed by atoms with Gasteiger partial charge in [0.2, 0.25) is 0 Å². The van der Waals surface area contributed by atoms with Gasteiger partial charge in [-0.2, -0.15) is 17.0 Å². The molecule has 0 aromatic heterocycles. The Morgan fingerprint density at radius 3 is 2.73 bits per heavy atom. The highest BCUT2D eigenvalue weighted by molar-refractivity contribution is 7.98. The van der Waals surface area contributed by atoms with Crippen molar-refractivity contribution in [3.8, 4) is 6.07 Å². The Bertz CT molecular complexity index is 368. The van der Waals surface area contributed by atoms with E-state index in [0.717, 1.165) is 23.4 Å². The van der Waals surface area contributed by atoms with Gasteiger partial charge in [0, 0.05) is 25.0 Å². The van der Waals surface area contributed by atoms with Gasteiger partial charge in [-0.3, -0.25) is 0 Å². The van der Waals surface area contributed by atoms with E-state index in [0.29, 0.717) is 0 Å². The second kappa shape index (κ2) is 5.67. The van der Waals surface area contributed by atoms with Crippen LogP contribution in [0.25, 0.3) is 0 Å². The lowest BCUT2D eigenvalue weighted by atomic mass is 10.1. The SMILES string of the molecule is CSCCN(C)c1ccc(C#N)c(C)c1. The Kier molecular flexibility index (Phi) is 4.51. The Morgan fingerprint density at radius 2 is 2.20 bits per heavy atom. The van der Waals surface area contributed by atoms with Gasteiger partial charge in [0.25, 0.3) is 0 Å². The van der Waals surface area contributed by atoms with E-state index in [4.69, 9.17) is 5.26 Å². The number of rotatable bonds is 4. The normalized spacial score (nSPS) is 9.73. The van der Waals surface area contributed by atoms with E-state index in [1.807, 2.05) is 30.8 Å². The lowest BCUT2D eigenvalue weighted by Gasteiger charge is -2.19. The van der Waals surface area contributed by atoms with Crippen LogP contribution in [-0.2, 0) is 0 Å². The molecule has 0 saturated heterocycles. The standard InChI is InChI=1S/C12H16N2S/c1-10-8-12(5-4-11(10)9-13)14(2)6-7-15-3/h4-5,8H,6-7H2,1-3H3. The average molecular weight is 220 g/mol. The van der Waals surface area contributed by atoms with Crippen LogP contribution >= 0.6 is 11.8 Å². The quantitative estimate of drug-likeness (QED) is 0.780. The van der Waals surface area contributed by atoms with Gasteiger partial charge >= 0.3 is 0 Å². The lowest BCUT2D eigenvalue weighted by Crippen LogP contribution is -2.20. The molecule has 0 atom stereocenters. The van der Waals surface area contributed by atoms with Crippen LogP contribution in [0.2, 0.25) is 0 Å². The summed E-state index contributed by atoms with van der Waals surface area (Å²) in [5.41, 5.74) is 2.99. The number of nitrogens with zero attached hydrogens (tertiary/aromatic N) is 2. The summed E-state index contributed by atoms with van der Waals surface area (Å²) in [6, 6.07) is 8.15. The van der Waals surface area contributed by atoms with Crippen molar-refractivity contribution in [2.24, 2.45) is 0 Å². The number of hydrogen-bond donors (Lipinski definition) is 0. The zero-order valence-corrected chi connectivity index (χ0v) is 10.3. The molecule has 80 valence electrons. The van der Waals surface area contributed by atoms with Crippen molar-refractivity contribution >= 4 is 17.4 Å². The Labute approximate surface area is 95.9 Å². The molecule has 0 aliphatic rings. The van der Waals surface area contributed by atoms with Crippen molar-refractivity contribution in [1.82, 2.24) is 0 Å². The molecular formula is C12H16N2S. The molecule has 0 fully saturated rings. The van der Waals surface area contributed by atoms with Crippen LogP contribution in [0.5, 0.6) is 0 Å². The zero-order valence-electron chi connectivity index (χ0n) is 9.45. The molecular weight excluding hydrogens is 204 g/mol. The van der Waals surface area contributed by atoms with Gasteiger partial charge < -0.3 is 4.90 Å². The lowest BCUT2D eigenvalue weighted by molar-refractivity contribution is 0.976. The van der Waals surface area contributed by atoms with E-state index in [1.165, 1.54) is 5.69 Å². The highest BCUT2D eigenvalue weighted by atomic mass is 32.2. The van der Waals surface area contributed by atoms with Crippen LogP contribution < -0.4 is 4.90 Å². The molecule has 0 spiro atoms. The van der Waals surface area contributed by atoms with E-state index in [2.05, 4.69) is 30.3 Å². The molecule has 0 saturated carbocycles. The fourth-order valence-corrected chi connectivity index (χ4v) is 1.82. The summed E-state index contributed by atoms with van der Waals surface area (Å²) in [7, 11) is 2.08. The number of hydrogen-bond acceptors (Lipinski definition) is 3. The number of benzene rings is 1. The second-order valence-corrected chi connectivity index (χ2v) is 4.51. The predicted octanol–water partition coefficient (Wildman–Crippen LogP) is 2.67. The highest BCUT2D eigenvalue weighted by Gasteiger charge is 2.03. The second-order valence-electron chi connectivity index (χ2n) is 3.53. The molecule has 0 aliphatic heterocycles. The molecule has 0 unspecified atom stereocenters. The van der Waals surface area contributed by atoms with E-state index in [-0.39, 0.29) is 0 Å². The zero-order chi connectivity index (χ0) is 11.3. The van der Waals surface area contributed by atoms with E-state index >= 15 is 0 Å². The third kappa shape index (κ3) is 3.17. The first-order valence-electron chi connectivity index (χ1n) is 4.90. The molecule has 0 bridgehead atoms. The first-order chi connectivity index (χ1) is 7.19. The number of aryl methyl sites for hydroxylation is 1. The predicted molar refractivity (Wildman–Crippen MR) is 67.5 cm³/mol. The van der Waals surface area contributed by atoms with Gasteiger partial charge in [0.15, 0.2) is 0 Å². The average Bonchev–Trinajstić information content (AvgIpc) is 2.25. The fraction of sp³-hybridized carbons (Fsp3) is 0.417. The van der Waals surface area contributed by atoms with Crippen LogP contribution in [-0.4, -0.2) is 25.6 Å². The van der Waals surface area contributed by atoms with Crippen molar-refractivity contribution in [3.63, 3.8) is 0 Å². The van der Waals surface area contributed by atoms with Gasteiger partial charge in [-0.05, 0) is 36.9 Å². The van der Waals surface area contributed by atoms with E-state index in [1.54, 1.807) is 0 Å². The van der Waals surface area contributed by atoms with Crippen molar-refractivity contribution in [1.29, 1.82) is 5.26 Å². The maximum absolute atomic E-state index is 8.82. The van der Waals surface area contributed by atoms with Crippen LogP contribution in [0.4, 0.5) is 5.69 Å². The topological polar surface area (TPSA) is 27.0 Å². The summed E-state index contributed by atoms with van der Waals surface area (Å²) in [6.07, 6.45) is 2.11. The van der Waals surface area contributed by atoms with Crippen LogP contribution in [0.1, 0.15) is 11.1 Å². The number of anilines is 1. The maximum Gasteiger partial charge on any atom is 0.0994 e. The molecule has 2 nitrogen and oxygen atoms in total. The monoisotopic (exact) mass is 220 g/mol. The minimum Gasteiger partial charge on any atom is -0.374 e. The van der Waals surface area contributed by atoms with Crippen LogP contribution in [0.3, 0.4) is 0 Å². The third-order valence-corrected chi connectivity index (χ3v) is 2.99. The summed E-state index contributed by atoms with van der Waals surface area (Å²) in [5.74, 6) is 1.12. The fourth-order valence-electron chi connectivity index (χ4n) is 1.37. The summed E-state index contributed by atoms with van der Waals surface area (Å²) in [6.45, 7) is 3.01. The van der Waals surface area contributed by atoms with E-state index < -0.39 is 0 Å². The molecule has 0 aliphatic carbocycles. The largest absolute Gasteiger partial charge is 0.374 e. The molecule has 0 heterocycles. The summed E-state index contributed by atoms with van der Waals surface area (Å²) in [4.78, 5) is 2.21. The molecule has 1 rings (SSSR count). The minimum atomic E-state index is 0.761. The minimum absolute atomic E-state index is 0.761. The van der Waals surface area contributed by atoms with Crippen molar-refractivity contribution in [2.75, 3.05) is 30.5 Å². The Hall–Kier alpha value is -1.14. The van der Waals surface area contributed by atoms with E-state index in [9.17, 15) is 0 Å². The first kappa shape index (κ1) is 11.9. The molecule has 15 heavy (non-hydrogen) atoms. The smallest absolute Gasteiger partial charge is 0.0994 e. The maximum atomic E-state index is 8.82. The van der Waals surface area contributed by atoms with Gasteiger partial charge in [0.05, 0.1) is 11.6 Å². The summed E-state index contributed by atoms with van der Waals surface area (Å²) in [5, 5.41) is 8.82. The molecule has 1 aromatic carbocycles. The molecule has 1 aromatic rings. The van der Waals surface area contributed by atoms with Crippen molar-refractivity contribution in [2.45, 2.75) is 6.92 Å². The van der Waals surface area contributed by atoms with Crippen molar-refractivity contribution in [3.05, 3.63) is 29.3 Å². The van der Waals surface area contributed by atoms with Gasteiger partial charge in [-0.15, -0.1) is 0 Å². The number of thioether (sulfide) groups is 1. The summed E-state index contributed by atoms with van der Waals surface area (Å²) >= 11 is 1.84. The first-order valence-corrected chi connectivity index (χ1v) is 6.29. The Balaban J connectivity index is 2.79. The van der Waals surface area contributed by atoms with Gasteiger partial charge in [-0.1, -0.05) is 0 Å². The summed E-state index contributed by atoms with van der Waals surface area (Å²) < 4.78 is 0. The van der Waals surface area contributed by atoms with Gasteiger partial charge in [-0.25, -0.2) is 0 Å². The van der Waals surface area contributed by atoms with Crippen LogP contribution in [0.15, 0.2) is 18.2 Å². The third-order valence-electron chi connectivity index (χ3n) is 2.40. The highest BCUT2D eigenvalue weighted by Crippen LogP contribution is 2.17. The molecule has 3 heteroatoms. The Morgan fingerprint density at radius 1 is 1.47 bits per heavy atom.